The molecule has 0 spiro atoms. The average Bonchev–Trinajstić information content (AvgIpc) is 2.90. The molecule has 1 heterocycles. The smallest absolute Gasteiger partial charge is 0.325 e. The number of rotatable bonds is 5. The highest BCUT2D eigenvalue weighted by molar-refractivity contribution is 6.05. The summed E-state index contributed by atoms with van der Waals surface area (Å²) in [5.41, 5.74) is 2.75. The molecule has 3 rings (SSSR count). The number of urea groups is 1. The highest BCUT2D eigenvalue weighted by atomic mass is 16.2. The maximum absolute atomic E-state index is 12.7. The highest BCUT2D eigenvalue weighted by Gasteiger charge is 2.41. The molecule has 1 saturated heterocycles. The molecule has 1 fully saturated rings. The predicted molar refractivity (Wildman–Crippen MR) is 94.0 cm³/mol. The number of benzene rings is 2. The Bertz CT molecular complexity index is 756. The van der Waals surface area contributed by atoms with Gasteiger partial charge in [0.25, 0.3) is 5.91 Å². The van der Waals surface area contributed by atoms with E-state index in [4.69, 9.17) is 0 Å². The van der Waals surface area contributed by atoms with Gasteiger partial charge in [0.15, 0.2) is 0 Å². The zero-order valence-electron chi connectivity index (χ0n) is 13.6. The van der Waals surface area contributed by atoms with Crippen LogP contribution in [0.5, 0.6) is 0 Å². The Morgan fingerprint density at radius 2 is 1.67 bits per heavy atom. The number of hydrogen-bond donors (Lipinski definition) is 1. The molecule has 24 heavy (non-hydrogen) atoms. The summed E-state index contributed by atoms with van der Waals surface area (Å²) in [4.78, 5) is 26.2. The topological polar surface area (TPSA) is 49.4 Å². The van der Waals surface area contributed by atoms with Crippen molar-refractivity contribution in [3.8, 4) is 0 Å². The fourth-order valence-electron chi connectivity index (χ4n) is 2.91. The van der Waals surface area contributed by atoms with Gasteiger partial charge in [0.1, 0.15) is 6.04 Å². The van der Waals surface area contributed by atoms with E-state index in [1.54, 1.807) is 0 Å². The van der Waals surface area contributed by atoms with E-state index < -0.39 is 6.04 Å². The molecule has 0 aliphatic carbocycles. The van der Waals surface area contributed by atoms with Crippen molar-refractivity contribution in [1.82, 2.24) is 10.2 Å². The minimum atomic E-state index is -0.575. The van der Waals surface area contributed by atoms with E-state index in [2.05, 4.69) is 11.9 Å². The third kappa shape index (κ3) is 3.08. The van der Waals surface area contributed by atoms with Gasteiger partial charge in [-0.15, -0.1) is 0 Å². The van der Waals surface area contributed by atoms with Gasteiger partial charge in [-0.25, -0.2) is 4.79 Å². The lowest BCUT2D eigenvalue weighted by Gasteiger charge is -2.20. The monoisotopic (exact) mass is 320 g/mol. The second-order valence-electron chi connectivity index (χ2n) is 6.02. The molecule has 1 aliphatic heterocycles. The van der Waals surface area contributed by atoms with Crippen molar-refractivity contribution in [2.45, 2.75) is 19.5 Å². The van der Waals surface area contributed by atoms with Crippen LogP contribution in [-0.2, 0) is 11.3 Å². The van der Waals surface area contributed by atoms with Gasteiger partial charge < -0.3 is 5.32 Å². The largest absolute Gasteiger partial charge is 0.325 e. The molecule has 122 valence electrons. The molecule has 0 aromatic heterocycles. The van der Waals surface area contributed by atoms with Crippen LogP contribution in [0.25, 0.3) is 5.57 Å². The molecule has 4 heteroatoms. The molecule has 0 radical (unpaired) electrons. The van der Waals surface area contributed by atoms with E-state index in [0.29, 0.717) is 0 Å². The maximum atomic E-state index is 12.7. The summed E-state index contributed by atoms with van der Waals surface area (Å²) in [6.45, 7) is 6.32. The summed E-state index contributed by atoms with van der Waals surface area (Å²) < 4.78 is 0. The van der Waals surface area contributed by atoms with Crippen LogP contribution < -0.4 is 5.32 Å². The second-order valence-corrected chi connectivity index (χ2v) is 6.02. The van der Waals surface area contributed by atoms with Crippen LogP contribution in [0.1, 0.15) is 18.1 Å². The minimum absolute atomic E-state index is 0.176. The van der Waals surface area contributed by atoms with Crippen molar-refractivity contribution in [3.63, 3.8) is 0 Å². The van der Waals surface area contributed by atoms with E-state index in [9.17, 15) is 9.59 Å². The number of amides is 3. The number of carbonyl (C=O) groups excluding carboxylic acids is 2. The minimum Gasteiger partial charge on any atom is -0.325 e. The van der Waals surface area contributed by atoms with E-state index in [1.165, 1.54) is 4.90 Å². The van der Waals surface area contributed by atoms with Gasteiger partial charge >= 0.3 is 6.03 Å². The SMILES string of the molecule is C=C(c1ccccc1)C(C)C1NC(=O)N(Cc2ccccc2)C1=O. The molecule has 0 bridgehead atoms. The Kier molecular flexibility index (Phi) is 4.47. The van der Waals surface area contributed by atoms with Crippen molar-refractivity contribution < 1.29 is 9.59 Å². The molecule has 4 nitrogen and oxygen atoms in total. The van der Waals surface area contributed by atoms with Crippen LogP contribution in [0.4, 0.5) is 4.79 Å². The number of nitrogens with one attached hydrogen (secondary N) is 1. The summed E-state index contributed by atoms with van der Waals surface area (Å²) in [6, 6.07) is 18.3. The first-order chi connectivity index (χ1) is 11.6. The molecule has 2 unspecified atom stereocenters. The third-order valence-corrected chi connectivity index (χ3v) is 4.43. The molecule has 1 N–H and O–H groups in total. The molecular weight excluding hydrogens is 300 g/mol. The van der Waals surface area contributed by atoms with Crippen molar-refractivity contribution >= 4 is 17.5 Å². The average molecular weight is 320 g/mol. The van der Waals surface area contributed by atoms with Gasteiger partial charge in [0.2, 0.25) is 0 Å². The molecule has 0 saturated carbocycles. The standard InChI is InChI=1S/C20H20N2O2/c1-14(17-11-7-4-8-12-17)15(2)18-19(23)22(20(24)21-18)13-16-9-5-3-6-10-16/h3-12,15,18H,1,13H2,2H3,(H,21,24). The Morgan fingerprint density at radius 3 is 2.29 bits per heavy atom. The Balaban J connectivity index is 1.75. The van der Waals surface area contributed by atoms with Crippen molar-refractivity contribution in [3.05, 3.63) is 78.4 Å². The van der Waals surface area contributed by atoms with Crippen LogP contribution in [-0.4, -0.2) is 22.9 Å². The summed E-state index contributed by atoms with van der Waals surface area (Å²) >= 11 is 0. The molecule has 2 aromatic carbocycles. The van der Waals surface area contributed by atoms with Crippen LogP contribution >= 0.6 is 0 Å². The van der Waals surface area contributed by atoms with Gasteiger partial charge in [0.05, 0.1) is 6.54 Å². The number of carbonyl (C=O) groups is 2. The van der Waals surface area contributed by atoms with Crippen molar-refractivity contribution in [2.24, 2.45) is 5.92 Å². The summed E-state index contributed by atoms with van der Waals surface area (Å²) in [5.74, 6) is -0.377. The van der Waals surface area contributed by atoms with Crippen LogP contribution in [0.15, 0.2) is 67.2 Å². The lowest BCUT2D eigenvalue weighted by atomic mass is 9.89. The van der Waals surface area contributed by atoms with Gasteiger partial charge in [0, 0.05) is 5.92 Å². The van der Waals surface area contributed by atoms with Gasteiger partial charge in [-0.05, 0) is 16.7 Å². The predicted octanol–water partition coefficient (Wildman–Crippen LogP) is 3.46. The normalized spacial score (nSPS) is 18.4. The number of hydrogen-bond acceptors (Lipinski definition) is 2. The molecular formula is C20H20N2O2. The Hall–Kier alpha value is -2.88. The number of nitrogens with zero attached hydrogens (tertiary/aromatic N) is 1. The lowest BCUT2D eigenvalue weighted by Crippen LogP contribution is -2.36. The summed E-state index contributed by atoms with van der Waals surface area (Å²) in [6.07, 6.45) is 0. The molecule has 1 aliphatic rings. The second kappa shape index (κ2) is 6.71. The van der Waals surface area contributed by atoms with Crippen LogP contribution in [0.2, 0.25) is 0 Å². The lowest BCUT2D eigenvalue weighted by molar-refractivity contribution is -0.128. The number of imide groups is 1. The van der Waals surface area contributed by atoms with Gasteiger partial charge in [-0.1, -0.05) is 74.2 Å². The highest BCUT2D eigenvalue weighted by Crippen LogP contribution is 2.27. The van der Waals surface area contributed by atoms with Gasteiger partial charge in [-0.2, -0.15) is 0 Å². The molecule has 3 amide bonds. The van der Waals surface area contributed by atoms with E-state index in [0.717, 1.165) is 16.7 Å². The zero-order valence-corrected chi connectivity index (χ0v) is 13.6. The van der Waals surface area contributed by atoms with Crippen molar-refractivity contribution in [2.75, 3.05) is 0 Å². The van der Waals surface area contributed by atoms with E-state index in [-0.39, 0.29) is 24.4 Å². The first-order valence-corrected chi connectivity index (χ1v) is 7.98. The van der Waals surface area contributed by atoms with E-state index >= 15 is 0 Å². The van der Waals surface area contributed by atoms with E-state index in [1.807, 2.05) is 67.6 Å². The Morgan fingerprint density at radius 1 is 1.08 bits per heavy atom. The summed E-state index contributed by atoms with van der Waals surface area (Å²) in [5, 5.41) is 2.80. The quantitative estimate of drug-likeness (QED) is 0.858. The third-order valence-electron chi connectivity index (χ3n) is 4.43. The first kappa shape index (κ1) is 16.0. The van der Waals surface area contributed by atoms with Gasteiger partial charge in [-0.3, -0.25) is 9.69 Å². The van der Waals surface area contributed by atoms with Crippen LogP contribution in [0.3, 0.4) is 0 Å². The first-order valence-electron chi connectivity index (χ1n) is 7.98. The zero-order chi connectivity index (χ0) is 17.1. The summed E-state index contributed by atoms with van der Waals surface area (Å²) in [7, 11) is 0. The fraction of sp³-hybridized carbons (Fsp3) is 0.200. The molecule has 2 aromatic rings. The van der Waals surface area contributed by atoms with Crippen molar-refractivity contribution in [1.29, 1.82) is 0 Å². The molecule has 2 atom stereocenters. The van der Waals surface area contributed by atoms with Crippen LogP contribution in [0, 0.1) is 5.92 Å². The fourth-order valence-corrected chi connectivity index (χ4v) is 2.91. The Labute approximate surface area is 141 Å². The maximum Gasteiger partial charge on any atom is 0.325 e.